The molecule has 23 heavy (non-hydrogen) atoms. The van der Waals surface area contributed by atoms with Crippen LogP contribution in [0.3, 0.4) is 0 Å². The minimum Gasteiger partial charge on any atom is -0.314 e. The van der Waals surface area contributed by atoms with Crippen LogP contribution in [-0.4, -0.2) is 51.8 Å². The Hall–Kier alpha value is -0.660. The van der Waals surface area contributed by atoms with Crippen molar-refractivity contribution in [1.82, 2.24) is 14.9 Å². The van der Waals surface area contributed by atoms with Crippen molar-refractivity contribution in [3.8, 4) is 0 Å². The summed E-state index contributed by atoms with van der Waals surface area (Å²) < 4.78 is 25.7. The summed E-state index contributed by atoms with van der Waals surface area (Å²) in [6.07, 6.45) is 1.05. The van der Waals surface area contributed by atoms with Crippen LogP contribution in [0.5, 0.6) is 0 Å². The molecule has 0 bridgehead atoms. The highest BCUT2D eigenvalue weighted by Crippen LogP contribution is 2.22. The highest BCUT2D eigenvalue weighted by atomic mass is 35.5. The lowest BCUT2D eigenvalue weighted by molar-refractivity contribution is 0.165. The van der Waals surface area contributed by atoms with Gasteiger partial charge in [0.2, 0.25) is 10.0 Å². The minimum absolute atomic E-state index is 0. The van der Waals surface area contributed by atoms with Crippen LogP contribution in [0.25, 0.3) is 0 Å². The average molecular weight is 362 g/mol. The van der Waals surface area contributed by atoms with E-state index >= 15 is 0 Å². The summed E-state index contributed by atoms with van der Waals surface area (Å²) in [5.41, 5.74) is 2.64. The molecule has 0 radical (unpaired) electrons. The SMILES string of the molecule is CCc1ccc(C2CNCCN2CCNS(=O)(=O)CC)cc1.Cl. The molecule has 1 saturated heterocycles. The van der Waals surface area contributed by atoms with Gasteiger partial charge in [0.15, 0.2) is 0 Å². The van der Waals surface area contributed by atoms with E-state index in [1.54, 1.807) is 6.92 Å². The summed E-state index contributed by atoms with van der Waals surface area (Å²) in [5, 5.41) is 3.43. The average Bonchev–Trinajstić information content (AvgIpc) is 2.55. The molecule has 132 valence electrons. The fourth-order valence-corrected chi connectivity index (χ4v) is 3.37. The second-order valence-electron chi connectivity index (χ2n) is 5.65. The lowest BCUT2D eigenvalue weighted by Gasteiger charge is -2.36. The first kappa shape index (κ1) is 20.4. The number of nitrogens with zero attached hydrogens (tertiary/aromatic N) is 1. The molecule has 0 saturated carbocycles. The van der Waals surface area contributed by atoms with Crippen molar-refractivity contribution in [1.29, 1.82) is 0 Å². The normalized spacial score (nSPS) is 19.3. The largest absolute Gasteiger partial charge is 0.314 e. The molecule has 7 heteroatoms. The number of hydrogen-bond acceptors (Lipinski definition) is 4. The molecule has 1 aromatic carbocycles. The first-order chi connectivity index (χ1) is 10.6. The van der Waals surface area contributed by atoms with Gasteiger partial charge in [0.05, 0.1) is 5.75 Å². The zero-order chi connectivity index (χ0) is 16.0. The Morgan fingerprint density at radius 3 is 2.57 bits per heavy atom. The molecule has 0 amide bonds. The first-order valence-electron chi connectivity index (χ1n) is 8.06. The van der Waals surface area contributed by atoms with Crippen LogP contribution >= 0.6 is 12.4 Å². The molecule has 1 unspecified atom stereocenters. The Balaban J connectivity index is 0.00000264. The summed E-state index contributed by atoms with van der Waals surface area (Å²) in [5.74, 6) is 0.135. The predicted octanol–water partition coefficient (Wildman–Crippen LogP) is 1.56. The zero-order valence-corrected chi connectivity index (χ0v) is 15.5. The van der Waals surface area contributed by atoms with Crippen molar-refractivity contribution < 1.29 is 8.42 Å². The van der Waals surface area contributed by atoms with Crippen molar-refractivity contribution in [3.63, 3.8) is 0 Å². The smallest absolute Gasteiger partial charge is 0.211 e. The Labute approximate surface area is 146 Å². The number of nitrogens with one attached hydrogen (secondary N) is 2. The quantitative estimate of drug-likeness (QED) is 0.773. The van der Waals surface area contributed by atoms with Crippen molar-refractivity contribution >= 4 is 22.4 Å². The van der Waals surface area contributed by atoms with E-state index in [0.29, 0.717) is 12.6 Å². The fourth-order valence-electron chi connectivity index (χ4n) is 2.76. The van der Waals surface area contributed by atoms with Gasteiger partial charge in [-0.3, -0.25) is 4.90 Å². The molecule has 2 N–H and O–H groups in total. The summed E-state index contributed by atoms with van der Waals surface area (Å²) in [4.78, 5) is 2.36. The Morgan fingerprint density at radius 1 is 1.26 bits per heavy atom. The van der Waals surface area contributed by atoms with Gasteiger partial charge in [0.25, 0.3) is 0 Å². The van der Waals surface area contributed by atoms with E-state index in [0.717, 1.165) is 32.6 Å². The third-order valence-corrected chi connectivity index (χ3v) is 5.63. The van der Waals surface area contributed by atoms with Gasteiger partial charge in [0.1, 0.15) is 0 Å². The lowest BCUT2D eigenvalue weighted by Crippen LogP contribution is -2.48. The minimum atomic E-state index is -3.10. The van der Waals surface area contributed by atoms with Crippen LogP contribution in [0.2, 0.25) is 0 Å². The molecule has 1 fully saturated rings. The number of benzene rings is 1. The second-order valence-corrected chi connectivity index (χ2v) is 7.74. The van der Waals surface area contributed by atoms with E-state index in [9.17, 15) is 8.42 Å². The third-order valence-electron chi connectivity index (χ3n) is 4.23. The fraction of sp³-hybridized carbons (Fsp3) is 0.625. The van der Waals surface area contributed by atoms with Gasteiger partial charge < -0.3 is 5.32 Å². The van der Waals surface area contributed by atoms with Gasteiger partial charge in [-0.2, -0.15) is 0 Å². The molecule has 0 aromatic heterocycles. The van der Waals surface area contributed by atoms with Crippen LogP contribution in [0.1, 0.15) is 31.0 Å². The monoisotopic (exact) mass is 361 g/mol. The molecule has 1 atom stereocenters. The van der Waals surface area contributed by atoms with Crippen molar-refractivity contribution in [2.75, 3.05) is 38.5 Å². The molecular weight excluding hydrogens is 334 g/mol. The molecule has 0 aliphatic carbocycles. The highest BCUT2D eigenvalue weighted by Gasteiger charge is 2.23. The van der Waals surface area contributed by atoms with Crippen LogP contribution in [0.4, 0.5) is 0 Å². The molecule has 1 aliphatic rings. The molecule has 1 aliphatic heterocycles. The van der Waals surface area contributed by atoms with Gasteiger partial charge in [-0.1, -0.05) is 31.2 Å². The molecule has 0 spiro atoms. The Kier molecular flexibility index (Phi) is 8.50. The predicted molar refractivity (Wildman–Crippen MR) is 97.7 cm³/mol. The lowest BCUT2D eigenvalue weighted by atomic mass is 10.0. The van der Waals surface area contributed by atoms with Crippen LogP contribution in [-0.2, 0) is 16.4 Å². The number of aryl methyl sites for hydroxylation is 1. The maximum Gasteiger partial charge on any atom is 0.211 e. The molecular formula is C16H28ClN3O2S. The maximum atomic E-state index is 11.5. The molecule has 5 nitrogen and oxygen atoms in total. The van der Waals surface area contributed by atoms with Gasteiger partial charge in [-0.15, -0.1) is 12.4 Å². The molecule has 2 rings (SSSR count). The number of halogens is 1. The van der Waals surface area contributed by atoms with Gasteiger partial charge in [0, 0.05) is 38.8 Å². The number of hydrogen-bond donors (Lipinski definition) is 2. The highest BCUT2D eigenvalue weighted by molar-refractivity contribution is 7.89. The van der Waals surface area contributed by atoms with Crippen LogP contribution < -0.4 is 10.0 Å². The van der Waals surface area contributed by atoms with Crippen molar-refractivity contribution in [2.24, 2.45) is 0 Å². The van der Waals surface area contributed by atoms with E-state index in [1.807, 2.05) is 0 Å². The maximum absolute atomic E-state index is 11.5. The number of sulfonamides is 1. The second kappa shape index (κ2) is 9.59. The van der Waals surface area contributed by atoms with Crippen LogP contribution in [0.15, 0.2) is 24.3 Å². The summed E-state index contributed by atoms with van der Waals surface area (Å²) in [6, 6.07) is 9.06. The zero-order valence-electron chi connectivity index (χ0n) is 13.9. The summed E-state index contributed by atoms with van der Waals surface area (Å²) in [7, 11) is -3.10. The van der Waals surface area contributed by atoms with Gasteiger partial charge in [-0.25, -0.2) is 13.1 Å². The van der Waals surface area contributed by atoms with Crippen molar-refractivity contribution in [3.05, 3.63) is 35.4 Å². The first-order valence-corrected chi connectivity index (χ1v) is 9.72. The van der Waals surface area contributed by atoms with E-state index in [1.165, 1.54) is 11.1 Å². The number of rotatable bonds is 7. The molecule has 1 aromatic rings. The third kappa shape index (κ3) is 6.04. The molecule has 1 heterocycles. The summed E-state index contributed by atoms with van der Waals surface area (Å²) in [6.45, 7) is 7.82. The number of piperazine rings is 1. The summed E-state index contributed by atoms with van der Waals surface area (Å²) >= 11 is 0. The Morgan fingerprint density at radius 2 is 1.96 bits per heavy atom. The Bertz CT molecular complexity index is 563. The topological polar surface area (TPSA) is 61.4 Å². The van der Waals surface area contributed by atoms with Gasteiger partial charge in [-0.05, 0) is 24.5 Å². The standard InChI is InChI=1S/C16H27N3O2S.ClH/c1-3-14-5-7-15(8-6-14)16-13-17-9-11-19(16)12-10-18-22(20,21)4-2;/h5-8,16-18H,3-4,9-13H2,1-2H3;1H. The van der Waals surface area contributed by atoms with Crippen LogP contribution in [0, 0.1) is 0 Å². The van der Waals surface area contributed by atoms with Crippen molar-refractivity contribution in [2.45, 2.75) is 26.3 Å². The van der Waals surface area contributed by atoms with E-state index in [4.69, 9.17) is 0 Å². The van der Waals surface area contributed by atoms with E-state index in [-0.39, 0.29) is 18.2 Å². The van der Waals surface area contributed by atoms with Gasteiger partial charge >= 0.3 is 0 Å². The van der Waals surface area contributed by atoms with E-state index in [2.05, 4.69) is 46.1 Å². The van der Waals surface area contributed by atoms with E-state index < -0.39 is 10.0 Å².